The summed E-state index contributed by atoms with van der Waals surface area (Å²) in [7, 11) is 1.46. The SMILES string of the molecule is CCCCC(C(=O)OC)N(CCCO)C1CCC1. The van der Waals surface area contributed by atoms with Gasteiger partial charge in [-0.2, -0.15) is 0 Å². The highest BCUT2D eigenvalue weighted by Gasteiger charge is 2.34. The normalized spacial score (nSPS) is 17.6. The molecule has 1 aliphatic carbocycles. The van der Waals surface area contributed by atoms with E-state index in [1.165, 1.54) is 26.4 Å². The highest BCUT2D eigenvalue weighted by atomic mass is 16.5. The molecule has 0 amide bonds. The molecule has 1 rings (SSSR count). The Hall–Kier alpha value is -0.610. The van der Waals surface area contributed by atoms with Gasteiger partial charge in [0, 0.05) is 19.2 Å². The molecular weight excluding hydrogens is 230 g/mol. The van der Waals surface area contributed by atoms with Crippen LogP contribution in [0.4, 0.5) is 0 Å². The van der Waals surface area contributed by atoms with E-state index in [1.54, 1.807) is 0 Å². The van der Waals surface area contributed by atoms with Crippen molar-refractivity contribution in [3.63, 3.8) is 0 Å². The van der Waals surface area contributed by atoms with Crippen LogP contribution >= 0.6 is 0 Å². The van der Waals surface area contributed by atoms with Crippen molar-refractivity contribution in [2.45, 2.75) is 64.0 Å². The van der Waals surface area contributed by atoms with Gasteiger partial charge in [-0.1, -0.05) is 26.2 Å². The first kappa shape index (κ1) is 15.4. The topological polar surface area (TPSA) is 49.8 Å². The second-order valence-corrected chi connectivity index (χ2v) is 5.08. The van der Waals surface area contributed by atoms with Crippen LogP contribution in [0.2, 0.25) is 0 Å². The van der Waals surface area contributed by atoms with Crippen LogP contribution < -0.4 is 0 Å². The van der Waals surface area contributed by atoms with Crippen molar-refractivity contribution in [1.29, 1.82) is 0 Å². The van der Waals surface area contributed by atoms with Crippen molar-refractivity contribution < 1.29 is 14.6 Å². The summed E-state index contributed by atoms with van der Waals surface area (Å²) in [6.07, 6.45) is 7.33. The number of aliphatic hydroxyl groups is 1. The molecule has 18 heavy (non-hydrogen) atoms. The number of carbonyl (C=O) groups excluding carboxylic acids is 1. The molecule has 1 atom stereocenters. The number of hydrogen-bond donors (Lipinski definition) is 1. The Morgan fingerprint density at radius 2 is 2.17 bits per heavy atom. The molecule has 0 aliphatic heterocycles. The molecule has 1 aliphatic rings. The molecule has 1 unspecified atom stereocenters. The smallest absolute Gasteiger partial charge is 0.323 e. The van der Waals surface area contributed by atoms with E-state index in [1.807, 2.05) is 0 Å². The lowest BCUT2D eigenvalue weighted by atomic mass is 9.89. The third-order valence-electron chi connectivity index (χ3n) is 3.82. The van der Waals surface area contributed by atoms with Crippen LogP contribution in [0.3, 0.4) is 0 Å². The molecule has 0 saturated heterocycles. The number of esters is 1. The number of hydrogen-bond acceptors (Lipinski definition) is 4. The van der Waals surface area contributed by atoms with Gasteiger partial charge in [0.1, 0.15) is 6.04 Å². The first-order valence-electron chi connectivity index (χ1n) is 7.19. The summed E-state index contributed by atoms with van der Waals surface area (Å²) in [4.78, 5) is 14.2. The summed E-state index contributed by atoms with van der Waals surface area (Å²) in [6.45, 7) is 3.12. The maximum Gasteiger partial charge on any atom is 0.323 e. The average Bonchev–Trinajstić information content (AvgIpc) is 2.33. The fourth-order valence-electron chi connectivity index (χ4n) is 2.52. The highest BCUT2D eigenvalue weighted by molar-refractivity contribution is 5.75. The molecule has 0 aromatic carbocycles. The van der Waals surface area contributed by atoms with Gasteiger partial charge in [0.05, 0.1) is 7.11 Å². The molecule has 0 spiro atoms. The van der Waals surface area contributed by atoms with Crippen molar-refractivity contribution in [1.82, 2.24) is 4.90 Å². The zero-order valence-electron chi connectivity index (χ0n) is 11.7. The van der Waals surface area contributed by atoms with Gasteiger partial charge in [0.15, 0.2) is 0 Å². The highest BCUT2D eigenvalue weighted by Crippen LogP contribution is 2.28. The van der Waals surface area contributed by atoms with E-state index in [4.69, 9.17) is 9.84 Å². The summed E-state index contributed by atoms with van der Waals surface area (Å²) in [5, 5.41) is 9.00. The van der Waals surface area contributed by atoms with Gasteiger partial charge in [-0.15, -0.1) is 0 Å². The summed E-state index contributed by atoms with van der Waals surface area (Å²) < 4.78 is 4.95. The Bertz CT molecular complexity index is 241. The van der Waals surface area contributed by atoms with E-state index in [0.717, 1.165) is 32.2 Å². The van der Waals surface area contributed by atoms with Crippen LogP contribution in [0, 0.1) is 0 Å². The predicted octanol–water partition coefficient (Wildman–Crippen LogP) is 1.96. The predicted molar refractivity (Wildman–Crippen MR) is 71.4 cm³/mol. The molecule has 0 radical (unpaired) electrons. The summed E-state index contributed by atoms with van der Waals surface area (Å²) in [5.41, 5.74) is 0. The second-order valence-electron chi connectivity index (χ2n) is 5.08. The number of nitrogens with zero attached hydrogens (tertiary/aromatic N) is 1. The monoisotopic (exact) mass is 257 g/mol. The molecule has 4 heteroatoms. The lowest BCUT2D eigenvalue weighted by molar-refractivity contribution is -0.149. The van der Waals surface area contributed by atoms with E-state index < -0.39 is 0 Å². The lowest BCUT2D eigenvalue weighted by Gasteiger charge is -2.41. The Kier molecular flexibility index (Phi) is 7.28. The number of aliphatic hydroxyl groups excluding tert-OH is 1. The van der Waals surface area contributed by atoms with Crippen molar-refractivity contribution in [2.75, 3.05) is 20.3 Å². The van der Waals surface area contributed by atoms with Crippen molar-refractivity contribution in [3.05, 3.63) is 0 Å². The van der Waals surface area contributed by atoms with Gasteiger partial charge < -0.3 is 9.84 Å². The van der Waals surface area contributed by atoms with E-state index in [9.17, 15) is 4.79 Å². The van der Waals surface area contributed by atoms with Gasteiger partial charge in [0.2, 0.25) is 0 Å². The zero-order valence-corrected chi connectivity index (χ0v) is 11.7. The van der Waals surface area contributed by atoms with Crippen LogP contribution in [-0.2, 0) is 9.53 Å². The molecule has 1 N–H and O–H groups in total. The van der Waals surface area contributed by atoms with Gasteiger partial charge in [-0.25, -0.2) is 0 Å². The van der Waals surface area contributed by atoms with Gasteiger partial charge in [-0.05, 0) is 25.7 Å². The van der Waals surface area contributed by atoms with E-state index >= 15 is 0 Å². The minimum atomic E-state index is -0.119. The standard InChI is InChI=1S/C14H27NO3/c1-3-4-9-13(14(17)18-2)15(10-6-11-16)12-7-5-8-12/h12-13,16H,3-11H2,1-2H3. The first-order chi connectivity index (χ1) is 8.74. The van der Waals surface area contributed by atoms with E-state index in [2.05, 4.69) is 11.8 Å². The third-order valence-corrected chi connectivity index (χ3v) is 3.82. The molecule has 0 aromatic rings. The van der Waals surface area contributed by atoms with Crippen molar-refractivity contribution in [3.8, 4) is 0 Å². The molecule has 4 nitrogen and oxygen atoms in total. The Labute approximate surface area is 110 Å². The van der Waals surface area contributed by atoms with Gasteiger partial charge in [-0.3, -0.25) is 9.69 Å². The quantitative estimate of drug-likeness (QED) is 0.641. The Morgan fingerprint density at radius 1 is 1.44 bits per heavy atom. The van der Waals surface area contributed by atoms with E-state index in [0.29, 0.717) is 6.04 Å². The third kappa shape index (κ3) is 4.25. The molecule has 1 fully saturated rings. The van der Waals surface area contributed by atoms with Crippen molar-refractivity contribution in [2.24, 2.45) is 0 Å². The molecular formula is C14H27NO3. The van der Waals surface area contributed by atoms with Crippen LogP contribution in [-0.4, -0.2) is 48.3 Å². The first-order valence-corrected chi connectivity index (χ1v) is 7.19. The zero-order chi connectivity index (χ0) is 13.4. The Balaban J connectivity index is 2.64. The number of carbonyl (C=O) groups is 1. The summed E-state index contributed by atoms with van der Waals surface area (Å²) in [5.74, 6) is -0.117. The number of ether oxygens (including phenoxy) is 1. The molecule has 106 valence electrons. The fraction of sp³-hybridized carbons (Fsp3) is 0.929. The molecule has 0 heterocycles. The van der Waals surface area contributed by atoms with Gasteiger partial charge >= 0.3 is 5.97 Å². The average molecular weight is 257 g/mol. The number of rotatable bonds is 9. The van der Waals surface area contributed by atoms with Crippen LogP contribution in [0.15, 0.2) is 0 Å². The maximum absolute atomic E-state index is 11.9. The Morgan fingerprint density at radius 3 is 2.61 bits per heavy atom. The molecule has 1 saturated carbocycles. The van der Waals surface area contributed by atoms with Crippen LogP contribution in [0.1, 0.15) is 51.9 Å². The molecule has 0 bridgehead atoms. The van der Waals surface area contributed by atoms with E-state index in [-0.39, 0.29) is 18.6 Å². The number of unbranched alkanes of at least 4 members (excludes halogenated alkanes) is 1. The molecule has 0 aromatic heterocycles. The number of methoxy groups -OCH3 is 1. The minimum absolute atomic E-state index is 0.117. The van der Waals surface area contributed by atoms with Crippen LogP contribution in [0.25, 0.3) is 0 Å². The minimum Gasteiger partial charge on any atom is -0.468 e. The largest absolute Gasteiger partial charge is 0.468 e. The van der Waals surface area contributed by atoms with Crippen molar-refractivity contribution >= 4 is 5.97 Å². The van der Waals surface area contributed by atoms with Gasteiger partial charge in [0.25, 0.3) is 0 Å². The van der Waals surface area contributed by atoms with Crippen LogP contribution in [0.5, 0.6) is 0 Å². The fourth-order valence-corrected chi connectivity index (χ4v) is 2.52. The second kappa shape index (κ2) is 8.48. The lowest BCUT2D eigenvalue weighted by Crippen LogP contribution is -2.51. The summed E-state index contributed by atoms with van der Waals surface area (Å²) >= 11 is 0. The summed E-state index contributed by atoms with van der Waals surface area (Å²) in [6, 6.07) is 0.393. The maximum atomic E-state index is 11.9.